The summed E-state index contributed by atoms with van der Waals surface area (Å²) in [5.74, 6) is -0.519. The van der Waals surface area contributed by atoms with Gasteiger partial charge in [0.25, 0.3) is 0 Å². The van der Waals surface area contributed by atoms with Crippen molar-refractivity contribution in [3.05, 3.63) is 55.7 Å². The Morgan fingerprint density at radius 3 is 2.51 bits per heavy atom. The molecule has 1 aromatic heterocycles. The van der Waals surface area contributed by atoms with Crippen LogP contribution in [0.3, 0.4) is 0 Å². The number of halogens is 2. The van der Waals surface area contributed by atoms with Crippen LogP contribution in [-0.2, 0) is 31.2 Å². The van der Waals surface area contributed by atoms with Gasteiger partial charge in [0.05, 0.1) is 31.1 Å². The quantitative estimate of drug-likeness (QED) is 0.370. The van der Waals surface area contributed by atoms with E-state index in [0.29, 0.717) is 29.7 Å². The fourth-order valence-electron chi connectivity index (χ4n) is 4.15. The van der Waals surface area contributed by atoms with Crippen molar-refractivity contribution in [1.29, 1.82) is 0 Å². The average Bonchev–Trinajstić information content (AvgIpc) is 3.22. The lowest BCUT2D eigenvalue weighted by Gasteiger charge is -2.33. The molecule has 0 aliphatic carbocycles. The van der Waals surface area contributed by atoms with E-state index in [1.165, 1.54) is 0 Å². The van der Waals surface area contributed by atoms with Crippen LogP contribution in [0.1, 0.15) is 77.3 Å². The molecule has 0 bridgehead atoms. The highest BCUT2D eigenvalue weighted by Gasteiger charge is 2.36. The second-order valence-corrected chi connectivity index (χ2v) is 12.5. The summed E-state index contributed by atoms with van der Waals surface area (Å²) >= 11 is 4.75. The highest BCUT2D eigenvalue weighted by Crippen LogP contribution is 2.52. The Kier molecular flexibility index (Phi) is 7.25. The van der Waals surface area contributed by atoms with Crippen LogP contribution in [0.15, 0.2) is 17.1 Å². The largest absolute Gasteiger partial charge is 0.426 e. The molecule has 3 heterocycles. The van der Waals surface area contributed by atoms with Crippen LogP contribution in [0.2, 0.25) is 0 Å². The number of nitrogens with zero attached hydrogens (tertiary/aromatic N) is 1. The Morgan fingerprint density at radius 2 is 1.86 bits per heavy atom. The number of H-pyrrole nitrogens is 1. The Labute approximate surface area is 209 Å². The van der Waals surface area contributed by atoms with Gasteiger partial charge in [-0.2, -0.15) is 0 Å². The van der Waals surface area contributed by atoms with Gasteiger partial charge in [0, 0.05) is 5.56 Å². The third kappa shape index (κ3) is 5.52. The SMILES string of the molecule is CC(C)(C)c1cc(C(C)(C)C)c2c(c1F)COP(OCC1CCC(n3cc(F)c(=S)[nH]c3=O)O1)O2. The third-order valence-corrected chi connectivity index (χ3v) is 7.42. The number of aromatic amines is 1. The van der Waals surface area contributed by atoms with Gasteiger partial charge in [-0.05, 0) is 35.3 Å². The van der Waals surface area contributed by atoms with Gasteiger partial charge < -0.3 is 9.26 Å². The molecule has 7 nitrogen and oxygen atoms in total. The van der Waals surface area contributed by atoms with Crippen molar-refractivity contribution in [3.8, 4) is 5.75 Å². The molecule has 1 fully saturated rings. The van der Waals surface area contributed by atoms with E-state index in [9.17, 15) is 9.18 Å². The van der Waals surface area contributed by atoms with Gasteiger partial charge >= 0.3 is 14.3 Å². The zero-order valence-electron chi connectivity index (χ0n) is 20.7. The summed E-state index contributed by atoms with van der Waals surface area (Å²) in [6, 6.07) is 1.89. The van der Waals surface area contributed by atoms with Crippen LogP contribution in [-0.4, -0.2) is 22.3 Å². The van der Waals surface area contributed by atoms with Gasteiger partial charge in [0.2, 0.25) is 0 Å². The van der Waals surface area contributed by atoms with Gasteiger partial charge in [0.1, 0.15) is 22.4 Å². The fourth-order valence-corrected chi connectivity index (χ4v) is 5.35. The van der Waals surface area contributed by atoms with Crippen molar-refractivity contribution in [2.45, 2.75) is 84.2 Å². The minimum atomic E-state index is -1.77. The van der Waals surface area contributed by atoms with Crippen molar-refractivity contribution in [2.75, 3.05) is 6.61 Å². The zero-order valence-corrected chi connectivity index (χ0v) is 22.4. The Balaban J connectivity index is 1.46. The molecule has 11 heteroatoms. The van der Waals surface area contributed by atoms with Crippen LogP contribution in [0.5, 0.6) is 5.75 Å². The zero-order chi connectivity index (χ0) is 25.7. The van der Waals surface area contributed by atoms with Gasteiger partial charge in [-0.3, -0.25) is 18.6 Å². The van der Waals surface area contributed by atoms with E-state index >= 15 is 4.39 Å². The van der Waals surface area contributed by atoms with E-state index in [0.717, 1.165) is 16.3 Å². The van der Waals surface area contributed by atoms with Crippen molar-refractivity contribution in [1.82, 2.24) is 9.55 Å². The summed E-state index contributed by atoms with van der Waals surface area (Å²) in [5, 5.41) is 0. The molecule has 0 spiro atoms. The number of nitrogens with one attached hydrogen (secondary N) is 1. The third-order valence-electron chi connectivity index (χ3n) is 6.09. The lowest BCUT2D eigenvalue weighted by atomic mass is 9.78. The molecular weight excluding hydrogens is 497 g/mol. The minimum absolute atomic E-state index is 0.0476. The first-order chi connectivity index (χ1) is 16.3. The fraction of sp³-hybridized carbons (Fsp3) is 0.583. The maximum absolute atomic E-state index is 15.4. The molecule has 3 atom stereocenters. The smallest absolute Gasteiger partial charge is 0.397 e. The van der Waals surface area contributed by atoms with E-state index in [4.69, 9.17) is 30.5 Å². The lowest BCUT2D eigenvalue weighted by molar-refractivity contribution is -0.0234. The monoisotopic (exact) mass is 528 g/mol. The van der Waals surface area contributed by atoms with Crippen molar-refractivity contribution in [3.63, 3.8) is 0 Å². The lowest BCUT2D eigenvalue weighted by Crippen LogP contribution is -2.28. The molecular formula is C24H31F2N2O5PS. The van der Waals surface area contributed by atoms with Crippen LogP contribution in [0, 0.1) is 16.3 Å². The van der Waals surface area contributed by atoms with E-state index in [2.05, 4.69) is 25.8 Å². The van der Waals surface area contributed by atoms with Gasteiger partial charge in [-0.25, -0.2) is 13.6 Å². The maximum atomic E-state index is 15.4. The van der Waals surface area contributed by atoms with E-state index in [1.807, 2.05) is 26.8 Å². The minimum Gasteiger partial charge on any atom is -0.426 e. The predicted molar refractivity (Wildman–Crippen MR) is 131 cm³/mol. The van der Waals surface area contributed by atoms with E-state index in [1.54, 1.807) is 0 Å². The second-order valence-electron chi connectivity index (χ2n) is 10.9. The number of aromatic nitrogens is 2. The van der Waals surface area contributed by atoms with Crippen LogP contribution >= 0.6 is 20.8 Å². The summed E-state index contributed by atoms with van der Waals surface area (Å²) in [7, 11) is -1.77. The highest BCUT2D eigenvalue weighted by atomic mass is 32.1. The molecule has 2 aromatic rings. The predicted octanol–water partition coefficient (Wildman–Crippen LogP) is 6.31. The number of hydrogen-bond acceptors (Lipinski definition) is 6. The molecule has 0 amide bonds. The molecule has 1 saturated heterocycles. The summed E-state index contributed by atoms with van der Waals surface area (Å²) in [5.41, 5.74) is 0.747. The van der Waals surface area contributed by atoms with Gasteiger partial charge in [-0.15, -0.1) is 0 Å². The number of rotatable bonds is 4. The van der Waals surface area contributed by atoms with Gasteiger partial charge in [0.15, 0.2) is 5.82 Å². The molecule has 1 aromatic carbocycles. The summed E-state index contributed by atoms with van der Waals surface area (Å²) < 4.78 is 53.7. The molecule has 3 unspecified atom stereocenters. The van der Waals surface area contributed by atoms with Crippen LogP contribution in [0.25, 0.3) is 0 Å². The first-order valence-corrected chi connectivity index (χ1v) is 13.0. The highest BCUT2D eigenvalue weighted by molar-refractivity contribution is 7.71. The number of hydrogen-bond donors (Lipinski definition) is 1. The number of benzene rings is 1. The summed E-state index contributed by atoms with van der Waals surface area (Å²) in [6.07, 6.45) is 1.20. The van der Waals surface area contributed by atoms with Gasteiger partial charge in [-0.1, -0.05) is 53.8 Å². The first-order valence-electron chi connectivity index (χ1n) is 11.5. The Hall–Kier alpha value is -1.71. The average molecular weight is 529 g/mol. The molecule has 2 aliphatic rings. The Bertz CT molecular complexity index is 1230. The van der Waals surface area contributed by atoms with Crippen molar-refractivity contribution in [2.24, 2.45) is 0 Å². The number of fused-ring (bicyclic) bond motifs is 1. The summed E-state index contributed by atoms with van der Waals surface area (Å²) in [4.78, 5) is 14.4. The van der Waals surface area contributed by atoms with Crippen LogP contribution in [0.4, 0.5) is 8.78 Å². The number of ether oxygens (including phenoxy) is 1. The standard InChI is InChI=1S/C24H31F2N2O5PS/c1-23(2,3)15-9-16(24(4,5)6)20-14(19(15)26)12-31-34(33-20)30-11-13-7-8-18(32-13)28-10-17(25)21(35)27-22(28)29/h9-10,13,18H,7-8,11-12H2,1-6H3,(H,27,29,35). The molecule has 0 radical (unpaired) electrons. The molecule has 4 rings (SSSR count). The van der Waals surface area contributed by atoms with Crippen LogP contribution < -0.4 is 10.2 Å². The molecule has 35 heavy (non-hydrogen) atoms. The molecule has 192 valence electrons. The molecule has 1 N–H and O–H groups in total. The van der Waals surface area contributed by atoms with Crippen molar-refractivity contribution >= 4 is 20.8 Å². The normalized spacial score (nSPS) is 22.7. The van der Waals surface area contributed by atoms with E-state index < -0.39 is 26.3 Å². The van der Waals surface area contributed by atoms with Crippen molar-refractivity contribution < 1.29 is 27.1 Å². The second kappa shape index (κ2) is 9.63. The first kappa shape index (κ1) is 26.4. The topological polar surface area (TPSA) is 74.7 Å². The Morgan fingerprint density at radius 1 is 1.17 bits per heavy atom. The van der Waals surface area contributed by atoms with E-state index in [-0.39, 0.29) is 40.6 Å². The molecule has 0 saturated carbocycles. The maximum Gasteiger partial charge on any atom is 0.397 e. The molecule has 2 aliphatic heterocycles. The summed E-state index contributed by atoms with van der Waals surface area (Å²) in [6.45, 7) is 12.3.